The molecule has 1 heterocycles. The molecule has 0 aliphatic carbocycles. The number of rotatable bonds is 9. The third kappa shape index (κ3) is 6.79. The summed E-state index contributed by atoms with van der Waals surface area (Å²) in [4.78, 5) is 5.00. The number of nitrogens with one attached hydrogen (secondary N) is 2. The summed E-state index contributed by atoms with van der Waals surface area (Å²) in [6, 6.07) is 28.0. The third-order valence-corrected chi connectivity index (χ3v) is 7.03. The van der Waals surface area contributed by atoms with Crippen LogP contribution in [-0.4, -0.2) is 54.8 Å². The standard InChI is InChI=1S/C31H39N5O/c1-23(2)35-18-20-36(21-19-35)28-16-12-26(13-17-28)30(25-10-14-27(15-11-25)34-31(32)33)29(9-6-22-37)24-7-4-3-5-8-24/h3-5,7-8,10-17,23,37H,6,9,18-22H2,1-2H3,(H4,32,33,34)/b30-29-. The molecule has 1 aliphatic heterocycles. The SMILES string of the molecule is CC(C)N1CCN(c2ccc(/C(=C(/CCCO)c3ccccc3)c3ccc(NC(=N)N)cc3)cc2)CC1. The van der Waals surface area contributed by atoms with Crippen LogP contribution in [0.15, 0.2) is 78.9 Å². The highest BCUT2D eigenvalue weighted by Crippen LogP contribution is 2.36. The Labute approximate surface area is 220 Å². The van der Waals surface area contributed by atoms with Gasteiger partial charge in [0.2, 0.25) is 0 Å². The van der Waals surface area contributed by atoms with Gasteiger partial charge in [0.15, 0.2) is 5.96 Å². The predicted octanol–water partition coefficient (Wildman–Crippen LogP) is 5.25. The largest absolute Gasteiger partial charge is 0.396 e. The summed E-state index contributed by atoms with van der Waals surface area (Å²) >= 11 is 0. The number of allylic oxidation sites excluding steroid dienone is 1. The number of piperazine rings is 1. The van der Waals surface area contributed by atoms with Crippen molar-refractivity contribution < 1.29 is 5.11 Å². The first-order chi connectivity index (χ1) is 18.0. The van der Waals surface area contributed by atoms with Crippen LogP contribution in [0.3, 0.4) is 0 Å². The van der Waals surface area contributed by atoms with Crippen molar-refractivity contribution in [3.63, 3.8) is 0 Å². The molecule has 0 aromatic heterocycles. The lowest BCUT2D eigenvalue weighted by molar-refractivity contribution is 0.209. The Bertz CT molecular complexity index is 1180. The van der Waals surface area contributed by atoms with Crippen molar-refractivity contribution in [2.75, 3.05) is 43.0 Å². The number of nitrogens with two attached hydrogens (primary N) is 1. The second-order valence-electron chi connectivity index (χ2n) is 9.83. The van der Waals surface area contributed by atoms with Crippen LogP contribution in [0.25, 0.3) is 11.1 Å². The molecule has 0 spiro atoms. The number of hydrogen-bond donors (Lipinski definition) is 4. The molecular formula is C31H39N5O. The summed E-state index contributed by atoms with van der Waals surface area (Å²) in [6.45, 7) is 8.93. The summed E-state index contributed by atoms with van der Waals surface area (Å²) in [5.41, 5.74) is 13.3. The van der Waals surface area contributed by atoms with E-state index < -0.39 is 0 Å². The second kappa shape index (κ2) is 12.6. The van der Waals surface area contributed by atoms with E-state index in [9.17, 15) is 5.11 Å². The lowest BCUT2D eigenvalue weighted by Gasteiger charge is -2.38. The van der Waals surface area contributed by atoms with Gasteiger partial charge in [-0.05, 0) is 78.8 Å². The van der Waals surface area contributed by atoms with Crippen molar-refractivity contribution in [1.29, 1.82) is 5.41 Å². The van der Waals surface area contributed by atoms with E-state index in [-0.39, 0.29) is 12.6 Å². The fourth-order valence-electron chi connectivity index (χ4n) is 5.04. The van der Waals surface area contributed by atoms with Crippen molar-refractivity contribution in [1.82, 2.24) is 4.90 Å². The van der Waals surface area contributed by atoms with Gasteiger partial charge in [0.25, 0.3) is 0 Å². The van der Waals surface area contributed by atoms with E-state index in [1.807, 2.05) is 18.2 Å². The molecular weight excluding hydrogens is 458 g/mol. The van der Waals surface area contributed by atoms with Crippen LogP contribution in [0, 0.1) is 5.41 Å². The van der Waals surface area contributed by atoms with E-state index in [2.05, 4.69) is 89.6 Å². The fraction of sp³-hybridized carbons (Fsp3) is 0.323. The molecule has 1 fully saturated rings. The van der Waals surface area contributed by atoms with Crippen LogP contribution in [-0.2, 0) is 0 Å². The van der Waals surface area contributed by atoms with Gasteiger partial charge in [0.1, 0.15) is 0 Å². The van der Waals surface area contributed by atoms with Gasteiger partial charge in [-0.15, -0.1) is 0 Å². The minimum atomic E-state index is -0.0822. The molecule has 5 N–H and O–H groups in total. The first-order valence-corrected chi connectivity index (χ1v) is 13.2. The number of nitrogens with zero attached hydrogens (tertiary/aromatic N) is 2. The average Bonchev–Trinajstić information content (AvgIpc) is 2.92. The Kier molecular flexibility index (Phi) is 8.99. The molecule has 6 nitrogen and oxygen atoms in total. The van der Waals surface area contributed by atoms with E-state index in [1.165, 1.54) is 11.3 Å². The maximum absolute atomic E-state index is 9.67. The quantitative estimate of drug-likeness (QED) is 0.184. The Morgan fingerprint density at radius 3 is 2.00 bits per heavy atom. The summed E-state index contributed by atoms with van der Waals surface area (Å²) in [7, 11) is 0. The average molecular weight is 498 g/mol. The molecule has 3 aromatic rings. The summed E-state index contributed by atoms with van der Waals surface area (Å²) in [5, 5.41) is 20.1. The molecule has 6 heteroatoms. The van der Waals surface area contributed by atoms with E-state index >= 15 is 0 Å². The van der Waals surface area contributed by atoms with Crippen LogP contribution in [0.5, 0.6) is 0 Å². The number of anilines is 2. The topological polar surface area (TPSA) is 88.6 Å². The molecule has 0 saturated carbocycles. The minimum absolute atomic E-state index is 0.0822. The maximum Gasteiger partial charge on any atom is 0.190 e. The molecule has 0 unspecified atom stereocenters. The first kappa shape index (κ1) is 26.5. The Morgan fingerprint density at radius 1 is 0.865 bits per heavy atom. The lowest BCUT2D eigenvalue weighted by Crippen LogP contribution is -2.48. The zero-order chi connectivity index (χ0) is 26.2. The summed E-state index contributed by atoms with van der Waals surface area (Å²) in [5.74, 6) is -0.0822. The number of hydrogen-bond acceptors (Lipinski definition) is 4. The van der Waals surface area contributed by atoms with Crippen molar-refractivity contribution in [3.05, 3.63) is 95.6 Å². The van der Waals surface area contributed by atoms with Crippen LogP contribution < -0.4 is 16.0 Å². The van der Waals surface area contributed by atoms with Crippen molar-refractivity contribution in [2.45, 2.75) is 32.7 Å². The molecule has 0 radical (unpaired) electrons. The highest BCUT2D eigenvalue weighted by atomic mass is 16.2. The Hall–Kier alpha value is -3.61. The smallest absolute Gasteiger partial charge is 0.190 e. The Morgan fingerprint density at radius 2 is 1.46 bits per heavy atom. The van der Waals surface area contributed by atoms with Gasteiger partial charge in [-0.25, -0.2) is 0 Å². The van der Waals surface area contributed by atoms with Crippen LogP contribution >= 0.6 is 0 Å². The zero-order valence-corrected chi connectivity index (χ0v) is 22.0. The van der Waals surface area contributed by atoms with Gasteiger partial charge < -0.3 is 21.1 Å². The maximum atomic E-state index is 9.67. The lowest BCUT2D eigenvalue weighted by atomic mass is 9.87. The predicted molar refractivity (Wildman–Crippen MR) is 156 cm³/mol. The van der Waals surface area contributed by atoms with Crippen LogP contribution in [0.2, 0.25) is 0 Å². The van der Waals surface area contributed by atoms with E-state index in [0.29, 0.717) is 12.5 Å². The Balaban J connectivity index is 1.73. The fourth-order valence-corrected chi connectivity index (χ4v) is 5.04. The number of aliphatic hydroxyl groups is 1. The molecule has 37 heavy (non-hydrogen) atoms. The van der Waals surface area contributed by atoms with Crippen molar-refractivity contribution in [2.24, 2.45) is 5.73 Å². The monoisotopic (exact) mass is 497 g/mol. The molecule has 0 atom stereocenters. The molecule has 0 bridgehead atoms. The molecule has 3 aromatic carbocycles. The second-order valence-corrected chi connectivity index (χ2v) is 9.83. The van der Waals surface area contributed by atoms with Crippen molar-refractivity contribution >= 4 is 28.5 Å². The third-order valence-electron chi connectivity index (χ3n) is 7.03. The molecule has 1 saturated heterocycles. The number of guanidine groups is 1. The zero-order valence-electron chi connectivity index (χ0n) is 22.0. The highest BCUT2D eigenvalue weighted by Gasteiger charge is 2.20. The van der Waals surface area contributed by atoms with Gasteiger partial charge in [-0.1, -0.05) is 54.6 Å². The summed E-state index contributed by atoms with van der Waals surface area (Å²) in [6.07, 6.45) is 1.46. The van der Waals surface area contributed by atoms with Crippen LogP contribution in [0.1, 0.15) is 43.4 Å². The van der Waals surface area contributed by atoms with E-state index in [0.717, 1.165) is 60.6 Å². The molecule has 0 amide bonds. The molecule has 194 valence electrons. The highest BCUT2D eigenvalue weighted by molar-refractivity contribution is 5.99. The minimum Gasteiger partial charge on any atom is -0.396 e. The van der Waals surface area contributed by atoms with E-state index in [1.54, 1.807) is 0 Å². The first-order valence-electron chi connectivity index (χ1n) is 13.2. The van der Waals surface area contributed by atoms with Gasteiger partial charge in [-0.3, -0.25) is 10.3 Å². The van der Waals surface area contributed by atoms with Gasteiger partial charge in [-0.2, -0.15) is 0 Å². The van der Waals surface area contributed by atoms with Gasteiger partial charge in [0, 0.05) is 50.2 Å². The van der Waals surface area contributed by atoms with Gasteiger partial charge >= 0.3 is 0 Å². The summed E-state index contributed by atoms with van der Waals surface area (Å²) < 4.78 is 0. The molecule has 4 rings (SSSR count). The van der Waals surface area contributed by atoms with Crippen LogP contribution in [0.4, 0.5) is 11.4 Å². The van der Waals surface area contributed by atoms with E-state index in [4.69, 9.17) is 11.1 Å². The van der Waals surface area contributed by atoms with Crippen molar-refractivity contribution in [3.8, 4) is 0 Å². The number of aliphatic hydroxyl groups excluding tert-OH is 1. The normalized spacial score (nSPS) is 15.0. The number of benzene rings is 3. The molecule has 1 aliphatic rings. The van der Waals surface area contributed by atoms with Gasteiger partial charge in [0.05, 0.1) is 0 Å².